The molecule has 2 heterocycles. The van der Waals surface area contributed by atoms with Crippen LogP contribution in [0.3, 0.4) is 0 Å². The van der Waals surface area contributed by atoms with Crippen LogP contribution in [0.1, 0.15) is 17.2 Å². The van der Waals surface area contributed by atoms with Gasteiger partial charge in [-0.25, -0.2) is 15.0 Å². The van der Waals surface area contributed by atoms with Gasteiger partial charge in [-0.1, -0.05) is 23.7 Å². The number of halogens is 7. The molecule has 0 amide bonds. The Bertz CT molecular complexity index is 980. The molecule has 0 bridgehead atoms. The summed E-state index contributed by atoms with van der Waals surface area (Å²) in [5, 5.41) is 0.0911. The van der Waals surface area contributed by atoms with E-state index in [4.69, 9.17) is 16.3 Å². The van der Waals surface area contributed by atoms with E-state index in [1.165, 1.54) is 18.2 Å². The first-order valence-corrected chi connectivity index (χ1v) is 8.28. The van der Waals surface area contributed by atoms with Gasteiger partial charge in [0.2, 0.25) is 11.6 Å². The van der Waals surface area contributed by atoms with Crippen LogP contribution < -0.4 is 4.74 Å². The smallest absolute Gasteiger partial charge is 0.436 e. The molecule has 3 rings (SSSR count). The Kier molecular flexibility index (Phi) is 5.65. The molecule has 0 fully saturated rings. The second-order valence-corrected chi connectivity index (χ2v) is 6.13. The number of ether oxygens (including phenoxy) is 1. The minimum atomic E-state index is -4.91. The number of aromatic nitrogens is 1. The Balaban J connectivity index is 2.02. The summed E-state index contributed by atoms with van der Waals surface area (Å²) in [6, 6.07) is 5.48. The molecule has 0 saturated carbocycles. The fraction of sp³-hybridized carbons (Fsp3) is 0.167. The van der Waals surface area contributed by atoms with Gasteiger partial charge in [0, 0.05) is 6.20 Å². The highest BCUT2D eigenvalue weighted by Gasteiger charge is 2.41. The molecule has 0 aliphatic carbocycles. The second-order valence-electron chi connectivity index (χ2n) is 5.74. The van der Waals surface area contributed by atoms with Crippen molar-refractivity contribution < 1.29 is 31.1 Å². The highest BCUT2D eigenvalue weighted by atomic mass is 35.5. The average molecular weight is 434 g/mol. The summed E-state index contributed by atoms with van der Waals surface area (Å²) in [6.07, 6.45) is -6.48. The van der Waals surface area contributed by atoms with Crippen LogP contribution in [0.15, 0.2) is 64.9 Å². The Morgan fingerprint density at radius 3 is 2.34 bits per heavy atom. The van der Waals surface area contributed by atoms with Gasteiger partial charge in [0.25, 0.3) is 0 Å². The van der Waals surface area contributed by atoms with Gasteiger partial charge >= 0.3 is 12.4 Å². The Labute approximate surface area is 165 Å². The molecule has 0 spiro atoms. The third-order valence-corrected chi connectivity index (χ3v) is 3.89. The fourth-order valence-electron chi connectivity index (χ4n) is 2.37. The first kappa shape index (κ1) is 20.8. The number of pyridine rings is 1. The largest absolute Gasteiger partial charge is 0.438 e. The van der Waals surface area contributed by atoms with Gasteiger partial charge in [0.05, 0.1) is 17.8 Å². The van der Waals surface area contributed by atoms with Gasteiger partial charge in [0.15, 0.2) is 0 Å². The Morgan fingerprint density at radius 1 is 0.966 bits per heavy atom. The molecule has 152 valence electrons. The van der Waals surface area contributed by atoms with Crippen molar-refractivity contribution in [2.24, 2.45) is 9.98 Å². The van der Waals surface area contributed by atoms with Gasteiger partial charge in [0.1, 0.15) is 10.9 Å². The minimum absolute atomic E-state index is 0.0185. The van der Waals surface area contributed by atoms with E-state index in [9.17, 15) is 26.3 Å². The molecule has 1 aromatic heterocycles. The van der Waals surface area contributed by atoms with Crippen LogP contribution in [0.5, 0.6) is 5.75 Å². The number of rotatable bonds is 2. The zero-order chi connectivity index (χ0) is 21.2. The van der Waals surface area contributed by atoms with Crippen molar-refractivity contribution >= 4 is 23.2 Å². The number of alkyl halides is 6. The van der Waals surface area contributed by atoms with Gasteiger partial charge in [-0.2, -0.15) is 26.3 Å². The molecular formula is C18H10ClF6N3O. The fourth-order valence-corrected chi connectivity index (χ4v) is 2.48. The molecule has 0 saturated heterocycles. The van der Waals surface area contributed by atoms with Gasteiger partial charge in [-0.05, 0) is 35.9 Å². The van der Waals surface area contributed by atoms with E-state index in [1.54, 1.807) is 0 Å². The summed E-state index contributed by atoms with van der Waals surface area (Å²) in [6.45, 7) is 0. The molecule has 1 aliphatic rings. The van der Waals surface area contributed by atoms with E-state index in [0.717, 1.165) is 36.7 Å². The summed E-state index contributed by atoms with van der Waals surface area (Å²) in [5.41, 5.74) is -2.37. The van der Waals surface area contributed by atoms with E-state index in [2.05, 4.69) is 15.0 Å². The van der Waals surface area contributed by atoms with Gasteiger partial charge in [-0.3, -0.25) is 0 Å². The van der Waals surface area contributed by atoms with Crippen molar-refractivity contribution in [3.63, 3.8) is 0 Å². The van der Waals surface area contributed by atoms with Crippen molar-refractivity contribution in [2.75, 3.05) is 0 Å². The van der Waals surface area contributed by atoms with Crippen LogP contribution in [0.2, 0.25) is 5.15 Å². The maximum atomic E-state index is 13.4. The molecule has 1 aliphatic heterocycles. The maximum Gasteiger partial charge on any atom is 0.438 e. The SMILES string of the molecule is FC(F)(F)C1=NC=CC(c2cccc(C(F)(F)F)c2)N=C1Oc1ccc(Cl)nc1. The van der Waals surface area contributed by atoms with Crippen molar-refractivity contribution in [3.8, 4) is 5.75 Å². The minimum Gasteiger partial charge on any atom is -0.436 e. The number of benzene rings is 1. The topological polar surface area (TPSA) is 46.8 Å². The van der Waals surface area contributed by atoms with Gasteiger partial charge in [-0.15, -0.1) is 0 Å². The Morgan fingerprint density at radius 2 is 1.72 bits per heavy atom. The number of hydrogen-bond acceptors (Lipinski definition) is 4. The van der Waals surface area contributed by atoms with Crippen LogP contribution in [-0.2, 0) is 6.18 Å². The molecule has 0 N–H and O–H groups in total. The molecule has 11 heteroatoms. The van der Waals surface area contributed by atoms with E-state index in [0.29, 0.717) is 0 Å². The average Bonchev–Trinajstić information content (AvgIpc) is 2.85. The predicted octanol–water partition coefficient (Wildman–Crippen LogP) is 5.80. The molecule has 2 aromatic rings. The standard InChI is InChI=1S/C18H10ClF6N3O/c19-14-5-4-12(9-27-14)29-16-15(18(23,24)25)26-7-6-13(28-16)10-2-1-3-11(8-10)17(20,21)22/h1-9,13H. The number of hydrogen-bond donors (Lipinski definition) is 0. The van der Waals surface area contributed by atoms with Crippen LogP contribution in [0.4, 0.5) is 26.3 Å². The number of nitrogens with zero attached hydrogens (tertiary/aromatic N) is 3. The van der Waals surface area contributed by atoms with Crippen molar-refractivity contribution in [1.82, 2.24) is 4.98 Å². The van der Waals surface area contributed by atoms with E-state index >= 15 is 0 Å². The highest BCUT2D eigenvalue weighted by molar-refractivity contribution is 6.42. The molecule has 1 unspecified atom stereocenters. The van der Waals surface area contributed by atoms with Crippen molar-refractivity contribution in [3.05, 3.63) is 71.2 Å². The summed E-state index contributed by atoms with van der Waals surface area (Å²) in [7, 11) is 0. The summed E-state index contributed by atoms with van der Waals surface area (Å²) >= 11 is 5.63. The first-order valence-electron chi connectivity index (χ1n) is 7.90. The lowest BCUT2D eigenvalue weighted by Crippen LogP contribution is -2.34. The lowest BCUT2D eigenvalue weighted by Gasteiger charge is -2.15. The third kappa shape index (κ3) is 5.14. The number of aliphatic imine (C=N–C) groups is 2. The molecule has 1 aromatic carbocycles. The van der Waals surface area contributed by atoms with Crippen LogP contribution >= 0.6 is 11.6 Å². The zero-order valence-corrected chi connectivity index (χ0v) is 14.9. The van der Waals surface area contributed by atoms with Crippen molar-refractivity contribution in [1.29, 1.82) is 0 Å². The first-order chi connectivity index (χ1) is 13.5. The quantitative estimate of drug-likeness (QED) is 0.443. The summed E-state index contributed by atoms with van der Waals surface area (Å²) < 4.78 is 84.2. The third-order valence-electron chi connectivity index (χ3n) is 3.67. The second kappa shape index (κ2) is 7.86. The van der Waals surface area contributed by atoms with Gasteiger partial charge < -0.3 is 4.74 Å². The lowest BCUT2D eigenvalue weighted by molar-refractivity contribution is -0.137. The maximum absolute atomic E-state index is 13.4. The highest BCUT2D eigenvalue weighted by Crippen LogP contribution is 2.33. The molecular weight excluding hydrogens is 424 g/mol. The molecule has 1 atom stereocenters. The van der Waals surface area contributed by atoms with E-state index in [-0.39, 0.29) is 16.5 Å². The lowest BCUT2D eigenvalue weighted by atomic mass is 10.0. The van der Waals surface area contributed by atoms with E-state index in [1.807, 2.05) is 0 Å². The molecule has 0 radical (unpaired) electrons. The predicted molar refractivity (Wildman–Crippen MR) is 94.1 cm³/mol. The van der Waals surface area contributed by atoms with Crippen LogP contribution in [0.25, 0.3) is 0 Å². The monoisotopic (exact) mass is 433 g/mol. The van der Waals surface area contributed by atoms with Crippen LogP contribution in [-0.4, -0.2) is 22.8 Å². The Hall–Kier alpha value is -2.88. The van der Waals surface area contributed by atoms with E-state index < -0.39 is 35.6 Å². The molecule has 29 heavy (non-hydrogen) atoms. The molecule has 4 nitrogen and oxygen atoms in total. The normalized spacial score (nSPS) is 17.4. The summed E-state index contributed by atoms with van der Waals surface area (Å²) in [4.78, 5) is 10.9. The summed E-state index contributed by atoms with van der Waals surface area (Å²) in [5.74, 6) is -1.01. The van der Waals surface area contributed by atoms with Crippen LogP contribution in [0, 0.1) is 0 Å². The zero-order valence-electron chi connectivity index (χ0n) is 14.2. The van der Waals surface area contributed by atoms with Crippen molar-refractivity contribution in [2.45, 2.75) is 18.4 Å².